The Morgan fingerprint density at radius 2 is 2.00 bits per heavy atom. The quantitative estimate of drug-likeness (QED) is 0.642. The molecule has 3 rings (SSSR count). The minimum absolute atomic E-state index is 0.103. The van der Waals surface area contributed by atoms with E-state index >= 15 is 0 Å². The van der Waals surface area contributed by atoms with Gasteiger partial charge in [0, 0.05) is 43.4 Å². The number of aromatic amines is 1. The van der Waals surface area contributed by atoms with Gasteiger partial charge in [-0.15, -0.1) is 0 Å². The SMILES string of the molecule is CC(=O)Nc1ccc(NC(=O)CCc2c(C)nc(N3CCOCC3)[nH]c2=O)c(Cl)c1. The van der Waals surface area contributed by atoms with E-state index in [0.29, 0.717) is 59.9 Å². The molecular weight excluding hydrogens is 410 g/mol. The van der Waals surface area contributed by atoms with Crippen LogP contribution in [0.25, 0.3) is 0 Å². The number of amides is 2. The van der Waals surface area contributed by atoms with Crippen LogP contribution in [-0.4, -0.2) is 48.1 Å². The van der Waals surface area contributed by atoms with E-state index in [-0.39, 0.29) is 30.2 Å². The van der Waals surface area contributed by atoms with Crippen LogP contribution in [-0.2, 0) is 20.7 Å². The summed E-state index contributed by atoms with van der Waals surface area (Å²) in [7, 11) is 0. The Morgan fingerprint density at radius 3 is 2.63 bits per heavy atom. The van der Waals surface area contributed by atoms with Crippen molar-refractivity contribution < 1.29 is 14.3 Å². The van der Waals surface area contributed by atoms with Crippen LogP contribution in [0.5, 0.6) is 0 Å². The number of carbonyl (C=O) groups is 2. The van der Waals surface area contributed by atoms with Gasteiger partial charge < -0.3 is 20.3 Å². The number of halogens is 1. The zero-order chi connectivity index (χ0) is 21.7. The number of nitrogens with zero attached hydrogens (tertiary/aromatic N) is 2. The number of hydrogen-bond acceptors (Lipinski definition) is 6. The number of H-pyrrole nitrogens is 1. The largest absolute Gasteiger partial charge is 0.378 e. The van der Waals surface area contributed by atoms with E-state index in [9.17, 15) is 14.4 Å². The number of anilines is 3. The normalized spacial score (nSPS) is 13.8. The second-order valence-electron chi connectivity index (χ2n) is 6.98. The maximum atomic E-state index is 12.5. The summed E-state index contributed by atoms with van der Waals surface area (Å²) in [6, 6.07) is 4.82. The van der Waals surface area contributed by atoms with Crippen molar-refractivity contribution in [1.82, 2.24) is 9.97 Å². The standard InChI is InChI=1S/C20H24ClN5O4/c1-12-15(19(29)25-20(22-12)26-7-9-30-10-8-26)4-6-18(28)24-17-5-3-14(11-16(17)21)23-13(2)27/h3,5,11H,4,6-10H2,1-2H3,(H,23,27)(H,24,28)(H,22,25,29). The summed E-state index contributed by atoms with van der Waals surface area (Å²) >= 11 is 6.17. The fourth-order valence-corrected chi connectivity index (χ4v) is 3.39. The van der Waals surface area contributed by atoms with Crippen LogP contribution in [0.1, 0.15) is 24.6 Å². The number of nitrogens with one attached hydrogen (secondary N) is 3. The van der Waals surface area contributed by atoms with Crippen molar-refractivity contribution in [1.29, 1.82) is 0 Å². The molecule has 1 aliphatic heterocycles. The highest BCUT2D eigenvalue weighted by Crippen LogP contribution is 2.25. The van der Waals surface area contributed by atoms with Gasteiger partial charge in [0.1, 0.15) is 0 Å². The summed E-state index contributed by atoms with van der Waals surface area (Å²) in [5, 5.41) is 5.65. The molecule has 1 fully saturated rings. The van der Waals surface area contributed by atoms with Crippen molar-refractivity contribution in [2.45, 2.75) is 26.7 Å². The molecule has 160 valence electrons. The number of carbonyl (C=O) groups excluding carboxylic acids is 2. The molecule has 0 spiro atoms. The van der Waals surface area contributed by atoms with Crippen molar-refractivity contribution >= 4 is 40.7 Å². The van der Waals surface area contributed by atoms with E-state index in [1.54, 1.807) is 25.1 Å². The van der Waals surface area contributed by atoms with Gasteiger partial charge in [-0.2, -0.15) is 0 Å². The van der Waals surface area contributed by atoms with Crippen molar-refractivity contribution in [3.63, 3.8) is 0 Å². The Morgan fingerprint density at radius 1 is 1.27 bits per heavy atom. The topological polar surface area (TPSA) is 116 Å². The Bertz CT molecular complexity index is 1000. The van der Waals surface area contributed by atoms with Crippen molar-refractivity contribution in [2.24, 2.45) is 0 Å². The van der Waals surface area contributed by atoms with Gasteiger partial charge in [-0.3, -0.25) is 19.4 Å². The Labute approximate surface area is 178 Å². The molecule has 2 amide bonds. The summed E-state index contributed by atoms with van der Waals surface area (Å²) in [5.74, 6) is 0.0389. The van der Waals surface area contributed by atoms with Gasteiger partial charge in [0.05, 0.1) is 23.9 Å². The number of benzene rings is 1. The molecule has 1 aromatic heterocycles. The number of morpholine rings is 1. The molecule has 1 aromatic carbocycles. The molecule has 0 atom stereocenters. The van der Waals surface area contributed by atoms with E-state index in [0.717, 1.165) is 0 Å². The molecule has 1 saturated heterocycles. The maximum absolute atomic E-state index is 12.5. The third kappa shape index (κ3) is 5.58. The highest BCUT2D eigenvalue weighted by molar-refractivity contribution is 6.34. The van der Waals surface area contributed by atoms with Gasteiger partial charge in [-0.05, 0) is 31.5 Å². The molecule has 3 N–H and O–H groups in total. The predicted molar refractivity (Wildman–Crippen MR) is 115 cm³/mol. The first-order chi connectivity index (χ1) is 14.3. The fraction of sp³-hybridized carbons (Fsp3) is 0.400. The van der Waals surface area contributed by atoms with Crippen LogP contribution >= 0.6 is 11.6 Å². The predicted octanol–water partition coefficient (Wildman–Crippen LogP) is 2.10. The number of aromatic nitrogens is 2. The van der Waals surface area contributed by atoms with E-state index in [1.807, 2.05) is 4.90 Å². The molecule has 9 nitrogen and oxygen atoms in total. The third-order valence-corrected chi connectivity index (χ3v) is 5.00. The average Bonchev–Trinajstić information content (AvgIpc) is 2.69. The van der Waals surface area contributed by atoms with E-state index < -0.39 is 0 Å². The van der Waals surface area contributed by atoms with Crippen molar-refractivity contribution in [3.8, 4) is 0 Å². The first kappa shape index (κ1) is 21.8. The van der Waals surface area contributed by atoms with Gasteiger partial charge in [-0.1, -0.05) is 11.6 Å². The van der Waals surface area contributed by atoms with E-state index in [2.05, 4.69) is 20.6 Å². The smallest absolute Gasteiger partial charge is 0.255 e. The van der Waals surface area contributed by atoms with Crippen LogP contribution in [0, 0.1) is 6.92 Å². The average molecular weight is 434 g/mol. The van der Waals surface area contributed by atoms with Gasteiger partial charge in [0.25, 0.3) is 5.56 Å². The molecule has 10 heteroatoms. The van der Waals surface area contributed by atoms with Crippen LogP contribution in [0.2, 0.25) is 5.02 Å². The molecule has 0 radical (unpaired) electrons. The third-order valence-electron chi connectivity index (χ3n) is 4.69. The monoisotopic (exact) mass is 433 g/mol. The van der Waals surface area contributed by atoms with Gasteiger partial charge in [-0.25, -0.2) is 4.98 Å². The maximum Gasteiger partial charge on any atom is 0.255 e. The van der Waals surface area contributed by atoms with Crippen LogP contribution < -0.4 is 21.1 Å². The fourth-order valence-electron chi connectivity index (χ4n) is 3.16. The summed E-state index contributed by atoms with van der Waals surface area (Å²) < 4.78 is 5.32. The van der Waals surface area contributed by atoms with Crippen molar-refractivity contribution in [2.75, 3.05) is 41.8 Å². The molecule has 0 bridgehead atoms. The lowest BCUT2D eigenvalue weighted by atomic mass is 10.1. The van der Waals surface area contributed by atoms with Gasteiger partial charge in [0.15, 0.2) is 0 Å². The summed E-state index contributed by atoms with van der Waals surface area (Å²) in [5.41, 5.74) is 1.82. The molecular formula is C20H24ClN5O4. The first-order valence-corrected chi connectivity index (χ1v) is 10.0. The molecule has 0 saturated carbocycles. The van der Waals surface area contributed by atoms with Gasteiger partial charge in [0.2, 0.25) is 17.8 Å². The number of ether oxygens (including phenoxy) is 1. The Balaban J connectivity index is 1.62. The summed E-state index contributed by atoms with van der Waals surface area (Å²) in [6.07, 6.45) is 0.358. The molecule has 30 heavy (non-hydrogen) atoms. The van der Waals surface area contributed by atoms with E-state index in [4.69, 9.17) is 16.3 Å². The number of rotatable bonds is 6. The first-order valence-electron chi connectivity index (χ1n) is 9.63. The Hall–Kier alpha value is -2.91. The second-order valence-corrected chi connectivity index (χ2v) is 7.38. The molecule has 1 aliphatic rings. The highest BCUT2D eigenvalue weighted by Gasteiger charge is 2.17. The lowest BCUT2D eigenvalue weighted by Crippen LogP contribution is -2.38. The Kier molecular flexibility index (Phi) is 7.07. The summed E-state index contributed by atoms with van der Waals surface area (Å²) in [6.45, 7) is 5.70. The van der Waals surface area contributed by atoms with Gasteiger partial charge >= 0.3 is 0 Å². The highest BCUT2D eigenvalue weighted by atomic mass is 35.5. The van der Waals surface area contributed by atoms with Crippen LogP contribution in [0.4, 0.5) is 17.3 Å². The van der Waals surface area contributed by atoms with Crippen LogP contribution in [0.3, 0.4) is 0 Å². The second kappa shape index (κ2) is 9.73. The van der Waals surface area contributed by atoms with E-state index in [1.165, 1.54) is 6.92 Å². The molecule has 2 heterocycles. The summed E-state index contributed by atoms with van der Waals surface area (Å²) in [4.78, 5) is 45.2. The van der Waals surface area contributed by atoms with Crippen molar-refractivity contribution in [3.05, 3.63) is 44.8 Å². The molecule has 0 aliphatic carbocycles. The lowest BCUT2D eigenvalue weighted by molar-refractivity contribution is -0.116. The zero-order valence-electron chi connectivity index (χ0n) is 16.9. The molecule has 0 unspecified atom stereocenters. The minimum Gasteiger partial charge on any atom is -0.378 e. The number of aryl methyl sites for hydroxylation is 1. The lowest BCUT2D eigenvalue weighted by Gasteiger charge is -2.27. The van der Waals surface area contributed by atoms with Crippen LogP contribution in [0.15, 0.2) is 23.0 Å². The minimum atomic E-state index is -0.278. The molecule has 2 aromatic rings. The zero-order valence-corrected chi connectivity index (χ0v) is 17.6. The number of hydrogen-bond donors (Lipinski definition) is 3.